The van der Waals surface area contributed by atoms with Crippen LogP contribution in [0.3, 0.4) is 0 Å². The molecule has 5 N–H and O–H groups in total. The standard InChI is InChI=1S/C32H34N8O5/c33-30-29(31(42)39-26-19-34-11-10-27(26)40-14-16-44-17-15-40)38-25(20-37-30)24-8-6-22(7-9-24)18-28(41)35-12-13-36-32(43)45-21-23-4-2-1-3-5-23/h1-11,19-20H,12-18,21H2,(H2,33,37)(H,35,41)(H,36,43)(H,39,42). The molecular formula is C32H34N8O5. The van der Waals surface area contributed by atoms with Gasteiger partial charge in [0.2, 0.25) is 5.91 Å². The molecule has 1 aliphatic rings. The number of anilines is 3. The minimum Gasteiger partial charge on any atom is -0.445 e. The van der Waals surface area contributed by atoms with Crippen LogP contribution >= 0.6 is 0 Å². The normalized spacial score (nSPS) is 12.7. The van der Waals surface area contributed by atoms with Crippen molar-refractivity contribution in [3.63, 3.8) is 0 Å². The molecular weight excluding hydrogens is 576 g/mol. The molecule has 13 heteroatoms. The van der Waals surface area contributed by atoms with Gasteiger partial charge in [-0.2, -0.15) is 0 Å². The number of hydrogen-bond donors (Lipinski definition) is 4. The third kappa shape index (κ3) is 8.74. The predicted octanol–water partition coefficient (Wildman–Crippen LogP) is 2.79. The van der Waals surface area contributed by atoms with Crippen molar-refractivity contribution in [2.75, 3.05) is 55.3 Å². The molecule has 45 heavy (non-hydrogen) atoms. The summed E-state index contributed by atoms with van der Waals surface area (Å²) in [7, 11) is 0. The zero-order valence-corrected chi connectivity index (χ0v) is 24.6. The summed E-state index contributed by atoms with van der Waals surface area (Å²) in [6, 6.07) is 18.4. The van der Waals surface area contributed by atoms with E-state index in [4.69, 9.17) is 15.2 Å². The monoisotopic (exact) mass is 610 g/mol. The average Bonchev–Trinajstić information content (AvgIpc) is 3.07. The minimum absolute atomic E-state index is 0.000278. The Morgan fingerprint density at radius 1 is 0.911 bits per heavy atom. The Balaban J connectivity index is 1.11. The van der Waals surface area contributed by atoms with Crippen molar-refractivity contribution in [2.45, 2.75) is 13.0 Å². The topological polar surface area (TPSA) is 174 Å². The number of alkyl carbamates (subject to hydrolysis) is 1. The molecule has 0 spiro atoms. The Morgan fingerprint density at radius 2 is 1.67 bits per heavy atom. The van der Waals surface area contributed by atoms with Gasteiger partial charge in [0.25, 0.3) is 5.91 Å². The molecule has 1 saturated heterocycles. The molecule has 13 nitrogen and oxygen atoms in total. The number of morpholine rings is 1. The van der Waals surface area contributed by atoms with E-state index in [-0.39, 0.29) is 43.5 Å². The number of nitrogen functional groups attached to an aromatic ring is 1. The van der Waals surface area contributed by atoms with Gasteiger partial charge in [-0.1, -0.05) is 54.6 Å². The van der Waals surface area contributed by atoms with E-state index < -0.39 is 12.0 Å². The summed E-state index contributed by atoms with van der Waals surface area (Å²) in [4.78, 5) is 52.4. The highest BCUT2D eigenvalue weighted by molar-refractivity contribution is 6.07. The molecule has 1 fully saturated rings. The molecule has 1 aliphatic heterocycles. The van der Waals surface area contributed by atoms with Crippen LogP contribution in [0, 0.1) is 0 Å². The van der Waals surface area contributed by atoms with Gasteiger partial charge in [0.1, 0.15) is 6.61 Å². The Morgan fingerprint density at radius 3 is 2.44 bits per heavy atom. The van der Waals surface area contributed by atoms with E-state index in [2.05, 4.69) is 35.8 Å². The second-order valence-electron chi connectivity index (χ2n) is 10.1. The first-order valence-corrected chi connectivity index (χ1v) is 14.5. The lowest BCUT2D eigenvalue weighted by Gasteiger charge is -2.30. The molecule has 0 radical (unpaired) electrons. The van der Waals surface area contributed by atoms with Crippen LogP contribution in [0.5, 0.6) is 0 Å². The van der Waals surface area contributed by atoms with Gasteiger partial charge < -0.3 is 36.1 Å². The van der Waals surface area contributed by atoms with Crippen LogP contribution in [-0.2, 0) is 27.3 Å². The van der Waals surface area contributed by atoms with E-state index in [9.17, 15) is 14.4 Å². The fourth-order valence-electron chi connectivity index (χ4n) is 4.63. The summed E-state index contributed by atoms with van der Waals surface area (Å²) in [6.45, 7) is 3.27. The third-order valence-electron chi connectivity index (χ3n) is 6.96. The number of nitrogens with one attached hydrogen (secondary N) is 3. The molecule has 0 bridgehead atoms. The summed E-state index contributed by atoms with van der Waals surface area (Å²) < 4.78 is 10.6. The molecule has 2 aromatic heterocycles. The van der Waals surface area contributed by atoms with Gasteiger partial charge in [0.05, 0.1) is 49.1 Å². The van der Waals surface area contributed by atoms with Gasteiger partial charge in [0.15, 0.2) is 11.5 Å². The van der Waals surface area contributed by atoms with Gasteiger partial charge in [0, 0.05) is 37.9 Å². The van der Waals surface area contributed by atoms with Crippen molar-refractivity contribution in [1.29, 1.82) is 0 Å². The average molecular weight is 611 g/mol. The quantitative estimate of drug-likeness (QED) is 0.185. The zero-order chi connectivity index (χ0) is 31.4. The maximum Gasteiger partial charge on any atom is 0.407 e. The number of nitrogens with zero attached hydrogens (tertiary/aromatic N) is 4. The predicted molar refractivity (Wildman–Crippen MR) is 168 cm³/mol. The number of amides is 3. The maximum atomic E-state index is 13.2. The van der Waals surface area contributed by atoms with Crippen LogP contribution in [0.4, 0.5) is 22.0 Å². The Labute approximate surface area is 260 Å². The van der Waals surface area contributed by atoms with Crippen molar-refractivity contribution < 1.29 is 23.9 Å². The van der Waals surface area contributed by atoms with Gasteiger partial charge in [-0.3, -0.25) is 14.6 Å². The van der Waals surface area contributed by atoms with Crippen LogP contribution in [0.2, 0.25) is 0 Å². The van der Waals surface area contributed by atoms with Gasteiger partial charge in [-0.15, -0.1) is 0 Å². The Kier molecular flexibility index (Phi) is 10.5. The smallest absolute Gasteiger partial charge is 0.407 e. The van der Waals surface area contributed by atoms with Crippen LogP contribution in [0.15, 0.2) is 79.3 Å². The second-order valence-corrected chi connectivity index (χ2v) is 10.1. The third-order valence-corrected chi connectivity index (χ3v) is 6.96. The van der Waals surface area contributed by atoms with E-state index in [1.165, 1.54) is 6.20 Å². The van der Waals surface area contributed by atoms with Crippen molar-refractivity contribution in [1.82, 2.24) is 25.6 Å². The minimum atomic E-state index is -0.551. The molecule has 3 amide bonds. The summed E-state index contributed by atoms with van der Waals surface area (Å²) >= 11 is 0. The first kappa shape index (κ1) is 30.9. The number of benzene rings is 2. The first-order valence-electron chi connectivity index (χ1n) is 14.5. The molecule has 3 heterocycles. The van der Waals surface area contributed by atoms with Crippen molar-refractivity contribution >= 4 is 35.1 Å². The Bertz CT molecular complexity index is 1610. The number of pyridine rings is 1. The van der Waals surface area contributed by atoms with Crippen molar-refractivity contribution in [3.8, 4) is 11.3 Å². The molecule has 5 rings (SSSR count). The summed E-state index contributed by atoms with van der Waals surface area (Å²) in [6.07, 6.45) is 4.35. The number of aromatic nitrogens is 3. The SMILES string of the molecule is Nc1ncc(-c2ccc(CC(=O)NCCNC(=O)OCc3ccccc3)cc2)nc1C(=O)Nc1cnccc1N1CCOCC1. The molecule has 0 unspecified atom stereocenters. The van der Waals surface area contributed by atoms with Crippen LogP contribution < -0.4 is 26.6 Å². The van der Waals surface area contributed by atoms with Crippen molar-refractivity contribution in [3.05, 3.63) is 96.1 Å². The fraction of sp³-hybridized carbons (Fsp3) is 0.250. The lowest BCUT2D eigenvalue weighted by Crippen LogP contribution is -2.36. The fourth-order valence-corrected chi connectivity index (χ4v) is 4.63. The van der Waals surface area contributed by atoms with E-state index in [0.717, 1.165) is 16.8 Å². The van der Waals surface area contributed by atoms with Crippen molar-refractivity contribution in [2.24, 2.45) is 0 Å². The Hall–Kier alpha value is -5.56. The van der Waals surface area contributed by atoms with Crippen LogP contribution in [0.25, 0.3) is 11.3 Å². The molecule has 2 aromatic carbocycles. The number of nitrogens with two attached hydrogens (primary N) is 1. The second kappa shape index (κ2) is 15.3. The number of rotatable bonds is 11. The summed E-state index contributed by atoms with van der Waals surface area (Å²) in [5, 5.41) is 8.26. The number of hydrogen-bond acceptors (Lipinski definition) is 10. The number of carbonyl (C=O) groups excluding carboxylic acids is 3. The summed E-state index contributed by atoms with van der Waals surface area (Å²) in [5.74, 6) is -0.697. The molecule has 4 aromatic rings. The molecule has 0 saturated carbocycles. The number of ether oxygens (including phenoxy) is 2. The highest BCUT2D eigenvalue weighted by Crippen LogP contribution is 2.27. The highest BCUT2D eigenvalue weighted by Gasteiger charge is 2.20. The van der Waals surface area contributed by atoms with E-state index in [1.54, 1.807) is 36.7 Å². The van der Waals surface area contributed by atoms with E-state index in [1.807, 2.05) is 36.4 Å². The maximum absolute atomic E-state index is 13.2. The van der Waals surface area contributed by atoms with Gasteiger partial charge >= 0.3 is 6.09 Å². The highest BCUT2D eigenvalue weighted by atomic mass is 16.5. The lowest BCUT2D eigenvalue weighted by molar-refractivity contribution is -0.120. The van der Waals surface area contributed by atoms with Gasteiger partial charge in [-0.05, 0) is 17.2 Å². The molecule has 232 valence electrons. The van der Waals surface area contributed by atoms with E-state index in [0.29, 0.717) is 43.2 Å². The zero-order valence-electron chi connectivity index (χ0n) is 24.6. The van der Waals surface area contributed by atoms with E-state index >= 15 is 0 Å². The molecule has 0 aliphatic carbocycles. The van der Waals surface area contributed by atoms with Gasteiger partial charge in [-0.25, -0.2) is 14.8 Å². The first-order chi connectivity index (χ1) is 22.0. The lowest BCUT2D eigenvalue weighted by atomic mass is 10.1. The number of carbonyl (C=O) groups is 3. The molecule has 0 atom stereocenters. The van der Waals surface area contributed by atoms with Crippen LogP contribution in [0.1, 0.15) is 21.6 Å². The largest absolute Gasteiger partial charge is 0.445 e. The van der Waals surface area contributed by atoms with Crippen LogP contribution in [-0.4, -0.2) is 72.3 Å². The summed E-state index contributed by atoms with van der Waals surface area (Å²) in [5.41, 5.74) is 10.2.